The lowest BCUT2D eigenvalue weighted by Gasteiger charge is -2.12. The molecule has 0 aliphatic rings. The zero-order valence-electron chi connectivity index (χ0n) is 14.0. The topological polar surface area (TPSA) is 79.5 Å². The van der Waals surface area contributed by atoms with Crippen molar-refractivity contribution in [2.24, 2.45) is 0 Å². The van der Waals surface area contributed by atoms with E-state index in [2.05, 4.69) is 16.2 Å². The van der Waals surface area contributed by atoms with Gasteiger partial charge in [-0.2, -0.15) is 0 Å². The van der Waals surface area contributed by atoms with Gasteiger partial charge in [0, 0.05) is 5.56 Å². The third-order valence-corrected chi connectivity index (χ3v) is 3.48. The number of benzene rings is 2. The number of aryl methyl sites for hydroxylation is 2. The first-order valence-corrected chi connectivity index (χ1v) is 8.02. The van der Waals surface area contributed by atoms with E-state index in [1.807, 2.05) is 38.1 Å². The molecule has 2 aromatic rings. The SMILES string of the molecule is Cc1cccc(C(=O)NNC(=S)NC(=O)COc2ccccc2C)c1. The fourth-order valence-electron chi connectivity index (χ4n) is 2.03. The molecule has 0 bridgehead atoms. The molecule has 3 N–H and O–H groups in total. The van der Waals surface area contributed by atoms with E-state index in [-0.39, 0.29) is 17.6 Å². The Morgan fingerprint density at radius 2 is 1.80 bits per heavy atom. The van der Waals surface area contributed by atoms with Gasteiger partial charge in [0.05, 0.1) is 0 Å². The van der Waals surface area contributed by atoms with E-state index in [1.54, 1.807) is 24.3 Å². The summed E-state index contributed by atoms with van der Waals surface area (Å²) in [6.07, 6.45) is 0. The summed E-state index contributed by atoms with van der Waals surface area (Å²) in [4.78, 5) is 23.8. The monoisotopic (exact) mass is 357 g/mol. The molecule has 0 saturated carbocycles. The highest BCUT2D eigenvalue weighted by Gasteiger charge is 2.09. The second-order valence-corrected chi connectivity index (χ2v) is 5.79. The highest BCUT2D eigenvalue weighted by Crippen LogP contribution is 2.15. The van der Waals surface area contributed by atoms with Gasteiger partial charge in [-0.25, -0.2) is 0 Å². The van der Waals surface area contributed by atoms with Crippen molar-refractivity contribution >= 4 is 29.1 Å². The third-order valence-electron chi connectivity index (χ3n) is 3.28. The first-order valence-electron chi connectivity index (χ1n) is 7.61. The Labute approximate surface area is 151 Å². The zero-order chi connectivity index (χ0) is 18.2. The number of rotatable bonds is 4. The van der Waals surface area contributed by atoms with E-state index in [4.69, 9.17) is 17.0 Å². The van der Waals surface area contributed by atoms with Crippen LogP contribution in [0.2, 0.25) is 0 Å². The fourth-order valence-corrected chi connectivity index (χ4v) is 2.19. The van der Waals surface area contributed by atoms with Gasteiger partial charge in [0.2, 0.25) is 0 Å². The van der Waals surface area contributed by atoms with Crippen molar-refractivity contribution in [1.29, 1.82) is 0 Å². The molecule has 0 spiro atoms. The van der Waals surface area contributed by atoms with Gasteiger partial charge in [-0.05, 0) is 49.8 Å². The minimum atomic E-state index is -0.425. The van der Waals surface area contributed by atoms with Gasteiger partial charge in [0.15, 0.2) is 11.7 Å². The number of thiocarbonyl (C=S) groups is 1. The minimum absolute atomic E-state index is 0.0145. The van der Waals surface area contributed by atoms with Crippen LogP contribution >= 0.6 is 12.2 Å². The lowest BCUT2D eigenvalue weighted by Crippen LogP contribution is -2.49. The normalized spacial score (nSPS) is 9.84. The number of hydrogen-bond acceptors (Lipinski definition) is 4. The van der Waals surface area contributed by atoms with Crippen molar-refractivity contribution in [1.82, 2.24) is 16.2 Å². The quantitative estimate of drug-likeness (QED) is 0.576. The Morgan fingerprint density at radius 3 is 2.52 bits per heavy atom. The molecular formula is C18H19N3O3S. The number of hydrogen-bond donors (Lipinski definition) is 3. The zero-order valence-corrected chi connectivity index (χ0v) is 14.8. The molecular weight excluding hydrogens is 338 g/mol. The molecule has 0 aliphatic heterocycles. The maximum Gasteiger partial charge on any atom is 0.269 e. The van der Waals surface area contributed by atoms with Crippen LogP contribution in [0.15, 0.2) is 48.5 Å². The molecule has 0 aliphatic carbocycles. The molecule has 25 heavy (non-hydrogen) atoms. The van der Waals surface area contributed by atoms with Crippen molar-refractivity contribution in [3.8, 4) is 5.75 Å². The predicted molar refractivity (Wildman–Crippen MR) is 99.2 cm³/mol. The average Bonchev–Trinajstić information content (AvgIpc) is 2.59. The summed E-state index contributed by atoms with van der Waals surface area (Å²) in [6, 6.07) is 14.5. The maximum atomic E-state index is 12.0. The van der Waals surface area contributed by atoms with E-state index >= 15 is 0 Å². The van der Waals surface area contributed by atoms with Gasteiger partial charge in [-0.1, -0.05) is 35.9 Å². The van der Waals surface area contributed by atoms with Gasteiger partial charge in [-0.15, -0.1) is 0 Å². The van der Waals surface area contributed by atoms with Crippen LogP contribution in [0.4, 0.5) is 0 Å². The molecule has 6 nitrogen and oxygen atoms in total. The Bertz CT molecular complexity index is 793. The Morgan fingerprint density at radius 1 is 1.04 bits per heavy atom. The van der Waals surface area contributed by atoms with E-state index in [1.165, 1.54) is 0 Å². The first kappa shape index (κ1) is 18.4. The number of carbonyl (C=O) groups excluding carboxylic acids is 2. The van der Waals surface area contributed by atoms with Crippen LogP contribution in [0.1, 0.15) is 21.5 Å². The van der Waals surface area contributed by atoms with Gasteiger partial charge in [-0.3, -0.25) is 25.8 Å². The molecule has 0 saturated heterocycles. The van der Waals surface area contributed by atoms with Gasteiger partial charge in [0.25, 0.3) is 11.8 Å². The van der Waals surface area contributed by atoms with Gasteiger partial charge >= 0.3 is 0 Å². The van der Waals surface area contributed by atoms with Crippen molar-refractivity contribution in [2.75, 3.05) is 6.61 Å². The molecule has 0 fully saturated rings. The standard InChI is InChI=1S/C18H19N3O3S/c1-12-6-5-8-14(10-12)17(23)20-21-18(25)19-16(22)11-24-15-9-4-3-7-13(15)2/h3-10H,11H2,1-2H3,(H,20,23)(H2,19,21,22,25). The van der Waals surface area contributed by atoms with Crippen LogP contribution in [0.25, 0.3) is 0 Å². The second-order valence-electron chi connectivity index (χ2n) is 5.38. The molecule has 130 valence electrons. The highest BCUT2D eigenvalue weighted by atomic mass is 32.1. The number of para-hydroxylation sites is 1. The van der Waals surface area contributed by atoms with Gasteiger partial charge < -0.3 is 4.74 Å². The van der Waals surface area contributed by atoms with Crippen molar-refractivity contribution in [2.45, 2.75) is 13.8 Å². The third kappa shape index (κ3) is 5.89. The number of hydrazine groups is 1. The molecule has 0 radical (unpaired) electrons. The molecule has 2 aromatic carbocycles. The molecule has 0 atom stereocenters. The molecule has 0 aromatic heterocycles. The Kier molecular flexibility index (Phi) is 6.47. The smallest absolute Gasteiger partial charge is 0.269 e. The summed E-state index contributed by atoms with van der Waals surface area (Å²) >= 11 is 4.97. The lowest BCUT2D eigenvalue weighted by molar-refractivity contribution is -0.121. The van der Waals surface area contributed by atoms with Gasteiger partial charge in [0.1, 0.15) is 5.75 Å². The number of amides is 2. The van der Waals surface area contributed by atoms with Crippen LogP contribution in [0.5, 0.6) is 5.75 Å². The Balaban J connectivity index is 1.75. The van der Waals surface area contributed by atoms with E-state index in [0.717, 1.165) is 11.1 Å². The van der Waals surface area contributed by atoms with E-state index < -0.39 is 5.91 Å². The molecule has 0 heterocycles. The summed E-state index contributed by atoms with van der Waals surface area (Å²) in [5.74, 6) is -0.147. The largest absolute Gasteiger partial charge is 0.483 e. The Hall–Kier alpha value is -2.93. The predicted octanol–water partition coefficient (Wildman–Crippen LogP) is 2.02. The average molecular weight is 357 g/mol. The van der Waals surface area contributed by atoms with Crippen LogP contribution < -0.4 is 20.9 Å². The van der Waals surface area contributed by atoms with Crippen LogP contribution in [0.3, 0.4) is 0 Å². The summed E-state index contributed by atoms with van der Waals surface area (Å²) in [7, 11) is 0. The van der Waals surface area contributed by atoms with Crippen molar-refractivity contribution in [3.05, 3.63) is 65.2 Å². The molecule has 7 heteroatoms. The van der Waals surface area contributed by atoms with Crippen molar-refractivity contribution in [3.63, 3.8) is 0 Å². The molecule has 2 rings (SSSR count). The van der Waals surface area contributed by atoms with Crippen LogP contribution in [-0.2, 0) is 4.79 Å². The summed E-state index contributed by atoms with van der Waals surface area (Å²) in [5.41, 5.74) is 7.31. The van der Waals surface area contributed by atoms with Crippen molar-refractivity contribution < 1.29 is 14.3 Å². The summed E-state index contributed by atoms with van der Waals surface area (Å²) in [5, 5.41) is 2.42. The van der Waals surface area contributed by atoms with E-state index in [9.17, 15) is 9.59 Å². The number of ether oxygens (including phenoxy) is 1. The lowest BCUT2D eigenvalue weighted by atomic mass is 10.1. The highest BCUT2D eigenvalue weighted by molar-refractivity contribution is 7.80. The fraction of sp³-hybridized carbons (Fsp3) is 0.167. The number of nitrogens with one attached hydrogen (secondary N) is 3. The van der Waals surface area contributed by atoms with Crippen LogP contribution in [0, 0.1) is 13.8 Å². The second kappa shape index (κ2) is 8.79. The maximum absolute atomic E-state index is 12.0. The first-order chi connectivity index (χ1) is 12.0. The summed E-state index contributed by atoms with van der Waals surface area (Å²) < 4.78 is 5.42. The molecule has 0 unspecified atom stereocenters. The van der Waals surface area contributed by atoms with Crippen LogP contribution in [-0.4, -0.2) is 23.5 Å². The number of carbonyl (C=O) groups is 2. The van der Waals surface area contributed by atoms with E-state index in [0.29, 0.717) is 11.3 Å². The minimum Gasteiger partial charge on any atom is -0.483 e. The summed E-state index contributed by atoms with van der Waals surface area (Å²) in [6.45, 7) is 3.60. The molecule has 2 amide bonds.